The zero-order chi connectivity index (χ0) is 18.9. The highest BCUT2D eigenvalue weighted by Crippen LogP contribution is 2.52. The molecule has 2 aliphatic heterocycles. The van der Waals surface area contributed by atoms with Crippen LogP contribution in [0.25, 0.3) is 21.6 Å². The maximum absolute atomic E-state index is 6.47. The van der Waals surface area contributed by atoms with Crippen molar-refractivity contribution in [2.75, 3.05) is 26.2 Å². The molecule has 28 heavy (non-hydrogen) atoms. The lowest BCUT2D eigenvalue weighted by Gasteiger charge is -2.13. The molecule has 3 heterocycles. The van der Waals surface area contributed by atoms with Gasteiger partial charge in [0.15, 0.2) is 5.75 Å². The van der Waals surface area contributed by atoms with Crippen molar-refractivity contribution < 1.29 is 9.47 Å². The fourth-order valence-corrected chi connectivity index (χ4v) is 5.31. The molecule has 0 radical (unpaired) electrons. The first-order chi connectivity index (χ1) is 13.8. The summed E-state index contributed by atoms with van der Waals surface area (Å²) in [6.07, 6.45) is 2.64. The van der Waals surface area contributed by atoms with Crippen LogP contribution in [0.5, 0.6) is 11.5 Å². The first kappa shape index (κ1) is 18.2. The Morgan fingerprint density at radius 1 is 1.00 bits per heavy atom. The molecular formula is C23H22ClNO2S. The third-order valence-corrected chi connectivity index (χ3v) is 6.82. The number of fused-ring (bicyclic) bond motifs is 5. The smallest absolute Gasteiger partial charge is 0.154 e. The normalized spacial score (nSPS) is 15.5. The molecule has 1 saturated heterocycles. The van der Waals surface area contributed by atoms with Gasteiger partial charge in [-0.05, 0) is 50.2 Å². The lowest BCUT2D eigenvalue weighted by atomic mass is 10.0. The van der Waals surface area contributed by atoms with Crippen LogP contribution in [0.1, 0.15) is 17.7 Å². The van der Waals surface area contributed by atoms with E-state index in [2.05, 4.69) is 23.1 Å². The summed E-state index contributed by atoms with van der Waals surface area (Å²) in [7, 11) is 0. The van der Waals surface area contributed by atoms with Gasteiger partial charge in [-0.2, -0.15) is 0 Å². The quantitative estimate of drug-likeness (QED) is 0.352. The number of hydrogen-bond acceptors (Lipinski definition) is 4. The molecule has 2 aliphatic rings. The largest absolute Gasteiger partial charge is 0.454 e. The third kappa shape index (κ3) is 3.46. The first-order valence-corrected chi connectivity index (χ1v) is 11.0. The van der Waals surface area contributed by atoms with Crippen LogP contribution in [0, 0.1) is 0 Å². The standard InChI is InChI=1S/C23H22ClNO2S/c24-20-8-5-7-18-22(20)27-21-9-2-1-6-17(21)19-14-16(28-23(18)19)15-26-13-12-25-10-3-4-11-25/h1-2,5-9,14H,3-4,10-13,15H2. The summed E-state index contributed by atoms with van der Waals surface area (Å²) in [6.45, 7) is 4.88. The second-order valence-corrected chi connectivity index (χ2v) is 8.82. The van der Waals surface area contributed by atoms with Crippen molar-refractivity contribution >= 4 is 22.9 Å². The molecule has 2 aromatic carbocycles. The van der Waals surface area contributed by atoms with Crippen molar-refractivity contribution in [1.82, 2.24) is 4.90 Å². The van der Waals surface area contributed by atoms with E-state index in [-0.39, 0.29) is 0 Å². The van der Waals surface area contributed by atoms with E-state index >= 15 is 0 Å². The topological polar surface area (TPSA) is 21.7 Å². The van der Waals surface area contributed by atoms with Gasteiger partial charge in [0.25, 0.3) is 0 Å². The van der Waals surface area contributed by atoms with Crippen LogP contribution in [-0.4, -0.2) is 31.1 Å². The highest BCUT2D eigenvalue weighted by atomic mass is 35.5. The Labute approximate surface area is 174 Å². The van der Waals surface area contributed by atoms with Crippen LogP contribution < -0.4 is 4.74 Å². The van der Waals surface area contributed by atoms with E-state index in [1.54, 1.807) is 11.3 Å². The molecule has 144 valence electrons. The molecule has 0 spiro atoms. The van der Waals surface area contributed by atoms with E-state index in [1.165, 1.54) is 41.2 Å². The summed E-state index contributed by atoms with van der Waals surface area (Å²) in [6, 6.07) is 16.3. The minimum Gasteiger partial charge on any atom is -0.454 e. The van der Waals surface area contributed by atoms with Crippen LogP contribution in [0.2, 0.25) is 5.02 Å². The summed E-state index contributed by atoms with van der Waals surface area (Å²) in [4.78, 5) is 4.91. The average Bonchev–Trinajstić information content (AvgIpc) is 3.35. The Balaban J connectivity index is 1.43. The molecule has 1 fully saturated rings. The number of para-hydroxylation sites is 2. The zero-order valence-electron chi connectivity index (χ0n) is 15.6. The Bertz CT molecular complexity index is 994. The molecule has 0 N–H and O–H groups in total. The predicted octanol–water partition coefficient (Wildman–Crippen LogP) is 6.45. The van der Waals surface area contributed by atoms with Crippen molar-refractivity contribution in [1.29, 1.82) is 0 Å². The van der Waals surface area contributed by atoms with Gasteiger partial charge < -0.3 is 14.4 Å². The number of likely N-dealkylation sites (tertiary alicyclic amines) is 1. The summed E-state index contributed by atoms with van der Waals surface area (Å²) >= 11 is 8.24. The number of hydrogen-bond donors (Lipinski definition) is 0. The van der Waals surface area contributed by atoms with E-state index in [0.29, 0.717) is 11.6 Å². The van der Waals surface area contributed by atoms with Crippen molar-refractivity contribution in [3.63, 3.8) is 0 Å². The molecule has 5 rings (SSSR count). The molecule has 5 heteroatoms. The third-order valence-electron chi connectivity index (χ3n) is 5.38. The van der Waals surface area contributed by atoms with Gasteiger partial charge in [0.2, 0.25) is 0 Å². The van der Waals surface area contributed by atoms with Gasteiger partial charge in [-0.15, -0.1) is 11.3 Å². The Hall–Kier alpha value is -1.85. The van der Waals surface area contributed by atoms with Crippen molar-refractivity contribution in [2.45, 2.75) is 19.4 Å². The fourth-order valence-electron chi connectivity index (χ4n) is 3.97. The lowest BCUT2D eigenvalue weighted by molar-refractivity contribution is 0.101. The SMILES string of the molecule is Clc1cccc2c1Oc1ccccc1-c1cc(COCCN3CCCC3)sc1-2. The number of benzene rings is 2. The van der Waals surface area contributed by atoms with E-state index < -0.39 is 0 Å². The van der Waals surface area contributed by atoms with Gasteiger partial charge in [-0.1, -0.05) is 35.9 Å². The minimum absolute atomic E-state index is 0.636. The monoisotopic (exact) mass is 411 g/mol. The summed E-state index contributed by atoms with van der Waals surface area (Å²) < 4.78 is 12.2. The average molecular weight is 412 g/mol. The lowest BCUT2D eigenvalue weighted by Crippen LogP contribution is -2.23. The molecule has 0 bridgehead atoms. The van der Waals surface area contributed by atoms with Gasteiger partial charge >= 0.3 is 0 Å². The van der Waals surface area contributed by atoms with Gasteiger partial charge in [-0.3, -0.25) is 0 Å². The highest BCUT2D eigenvalue weighted by molar-refractivity contribution is 7.16. The van der Waals surface area contributed by atoms with E-state index in [4.69, 9.17) is 21.1 Å². The Morgan fingerprint density at radius 2 is 1.82 bits per heavy atom. The maximum atomic E-state index is 6.47. The minimum atomic E-state index is 0.636. The number of ether oxygens (including phenoxy) is 2. The predicted molar refractivity (Wildman–Crippen MR) is 116 cm³/mol. The van der Waals surface area contributed by atoms with E-state index in [0.717, 1.165) is 35.8 Å². The number of rotatable bonds is 5. The highest BCUT2D eigenvalue weighted by Gasteiger charge is 2.24. The number of nitrogens with zero attached hydrogens (tertiary/aromatic N) is 1. The molecule has 0 aliphatic carbocycles. The molecule has 0 amide bonds. The summed E-state index contributed by atoms with van der Waals surface area (Å²) in [5, 5.41) is 0.636. The van der Waals surface area contributed by atoms with Crippen LogP contribution in [0.4, 0.5) is 0 Å². The maximum Gasteiger partial charge on any atom is 0.154 e. The Kier molecular flexibility index (Phi) is 5.12. The van der Waals surface area contributed by atoms with Gasteiger partial charge in [-0.25, -0.2) is 0 Å². The molecular weight excluding hydrogens is 390 g/mol. The van der Waals surface area contributed by atoms with Crippen LogP contribution >= 0.6 is 22.9 Å². The van der Waals surface area contributed by atoms with E-state index in [1.807, 2.05) is 30.3 Å². The second kappa shape index (κ2) is 7.88. The number of thiophene rings is 1. The van der Waals surface area contributed by atoms with Crippen molar-refractivity contribution in [2.24, 2.45) is 0 Å². The van der Waals surface area contributed by atoms with Crippen molar-refractivity contribution in [3.8, 4) is 33.1 Å². The van der Waals surface area contributed by atoms with Gasteiger partial charge in [0.1, 0.15) is 5.75 Å². The first-order valence-electron chi connectivity index (χ1n) is 9.78. The Morgan fingerprint density at radius 3 is 2.71 bits per heavy atom. The van der Waals surface area contributed by atoms with Crippen molar-refractivity contribution in [3.05, 3.63) is 58.4 Å². The fraction of sp³-hybridized carbons (Fsp3) is 0.304. The summed E-state index contributed by atoms with van der Waals surface area (Å²) in [5.74, 6) is 1.58. The molecule has 0 saturated carbocycles. The molecule has 3 nitrogen and oxygen atoms in total. The van der Waals surface area contributed by atoms with Gasteiger partial charge in [0, 0.05) is 33.0 Å². The molecule has 1 aromatic heterocycles. The van der Waals surface area contributed by atoms with Crippen LogP contribution in [0.3, 0.4) is 0 Å². The molecule has 3 aromatic rings. The van der Waals surface area contributed by atoms with E-state index in [9.17, 15) is 0 Å². The second-order valence-electron chi connectivity index (χ2n) is 7.27. The van der Waals surface area contributed by atoms with Crippen LogP contribution in [-0.2, 0) is 11.3 Å². The molecule has 0 unspecified atom stereocenters. The zero-order valence-corrected chi connectivity index (χ0v) is 17.2. The van der Waals surface area contributed by atoms with Crippen LogP contribution in [0.15, 0.2) is 48.5 Å². The summed E-state index contributed by atoms with van der Waals surface area (Å²) in [5.41, 5.74) is 3.34. The van der Waals surface area contributed by atoms with Gasteiger partial charge in [0.05, 0.1) is 18.2 Å². The number of halogens is 1. The molecule has 0 atom stereocenters.